The Bertz CT molecular complexity index is 879. The zero-order valence-corrected chi connectivity index (χ0v) is 14.8. The van der Waals surface area contributed by atoms with E-state index in [2.05, 4.69) is 10.3 Å². The van der Waals surface area contributed by atoms with E-state index in [4.69, 9.17) is 19.4 Å². The Morgan fingerprint density at radius 1 is 1.12 bits per heavy atom. The molecule has 0 amide bonds. The van der Waals surface area contributed by atoms with Crippen molar-refractivity contribution in [2.24, 2.45) is 0 Å². The smallest absolute Gasteiger partial charge is 0.163 e. The van der Waals surface area contributed by atoms with Gasteiger partial charge in [0, 0.05) is 63.1 Å². The number of fused-ring (bicyclic) bond motifs is 1. The fourth-order valence-corrected chi connectivity index (χ4v) is 3.28. The third-order valence-electron chi connectivity index (χ3n) is 4.94. The van der Waals surface area contributed by atoms with Crippen molar-refractivity contribution < 1.29 is 9.47 Å². The molecule has 3 aromatic rings. The largest absolute Gasteiger partial charge is 0.381 e. The lowest BCUT2D eigenvalue weighted by Crippen LogP contribution is -2.44. The van der Waals surface area contributed by atoms with Crippen LogP contribution in [0.25, 0.3) is 22.3 Å². The number of nitrogens with zero attached hydrogens (tertiary/aromatic N) is 3. The molecule has 1 saturated heterocycles. The second kappa shape index (κ2) is 7.35. The van der Waals surface area contributed by atoms with Crippen LogP contribution in [0.3, 0.4) is 0 Å². The van der Waals surface area contributed by atoms with Gasteiger partial charge >= 0.3 is 0 Å². The molecule has 1 N–H and O–H groups in total. The van der Waals surface area contributed by atoms with E-state index in [1.165, 1.54) is 0 Å². The second-order valence-electron chi connectivity index (χ2n) is 6.51. The predicted molar refractivity (Wildman–Crippen MR) is 101 cm³/mol. The Balaban J connectivity index is 1.69. The fourth-order valence-electron chi connectivity index (χ4n) is 3.28. The van der Waals surface area contributed by atoms with E-state index in [0.29, 0.717) is 12.4 Å². The number of methoxy groups -OCH3 is 1. The highest BCUT2D eigenvalue weighted by atomic mass is 16.5. The van der Waals surface area contributed by atoms with E-state index < -0.39 is 0 Å². The van der Waals surface area contributed by atoms with Crippen LogP contribution < -0.4 is 5.32 Å². The summed E-state index contributed by atoms with van der Waals surface area (Å²) >= 11 is 0. The van der Waals surface area contributed by atoms with Crippen molar-refractivity contribution in [2.75, 3.05) is 32.2 Å². The number of benzene rings is 1. The molecule has 1 fully saturated rings. The Kier molecular flexibility index (Phi) is 4.77. The number of anilines is 1. The first-order chi connectivity index (χ1) is 12.8. The molecule has 0 bridgehead atoms. The Hall–Kier alpha value is -2.57. The second-order valence-corrected chi connectivity index (χ2v) is 6.51. The Morgan fingerprint density at radius 3 is 2.73 bits per heavy atom. The number of nitrogens with one attached hydrogen (secondary N) is 1. The van der Waals surface area contributed by atoms with Crippen molar-refractivity contribution in [3.63, 3.8) is 0 Å². The van der Waals surface area contributed by atoms with E-state index in [9.17, 15) is 0 Å². The third kappa shape index (κ3) is 3.38. The lowest BCUT2D eigenvalue weighted by atomic mass is 9.94. The first kappa shape index (κ1) is 16.9. The fraction of sp³-hybridized carbons (Fsp3) is 0.350. The average molecular weight is 350 g/mol. The minimum atomic E-state index is -0.223. The summed E-state index contributed by atoms with van der Waals surface area (Å²) < 4.78 is 11.3. The van der Waals surface area contributed by atoms with Gasteiger partial charge in [-0.3, -0.25) is 4.98 Å². The topological polar surface area (TPSA) is 69.2 Å². The molecule has 6 nitrogen and oxygen atoms in total. The third-order valence-corrected chi connectivity index (χ3v) is 4.94. The molecular formula is C20H22N4O2. The van der Waals surface area contributed by atoms with Gasteiger partial charge in [-0.1, -0.05) is 12.1 Å². The molecule has 0 spiro atoms. The first-order valence-electron chi connectivity index (χ1n) is 8.84. The SMILES string of the molecule is COC1(CNc2nc(-c3cccnc3)nc3ccccc23)CCOCC1. The van der Waals surface area contributed by atoms with Gasteiger partial charge in [-0.2, -0.15) is 0 Å². The summed E-state index contributed by atoms with van der Waals surface area (Å²) in [7, 11) is 1.77. The number of hydrogen-bond donors (Lipinski definition) is 1. The van der Waals surface area contributed by atoms with E-state index >= 15 is 0 Å². The van der Waals surface area contributed by atoms with Crippen LogP contribution >= 0.6 is 0 Å². The summed E-state index contributed by atoms with van der Waals surface area (Å²) in [6.45, 7) is 2.13. The van der Waals surface area contributed by atoms with Crippen LogP contribution in [0.5, 0.6) is 0 Å². The molecular weight excluding hydrogens is 328 g/mol. The van der Waals surface area contributed by atoms with Crippen LogP contribution in [0.4, 0.5) is 5.82 Å². The minimum Gasteiger partial charge on any atom is -0.381 e. The van der Waals surface area contributed by atoms with Crippen molar-refractivity contribution in [3.05, 3.63) is 48.8 Å². The zero-order valence-electron chi connectivity index (χ0n) is 14.8. The van der Waals surface area contributed by atoms with Crippen molar-refractivity contribution in [3.8, 4) is 11.4 Å². The molecule has 3 heterocycles. The molecule has 1 aliphatic rings. The molecule has 6 heteroatoms. The van der Waals surface area contributed by atoms with Gasteiger partial charge in [0.25, 0.3) is 0 Å². The highest BCUT2D eigenvalue weighted by molar-refractivity contribution is 5.90. The lowest BCUT2D eigenvalue weighted by molar-refractivity contribution is -0.0807. The quantitative estimate of drug-likeness (QED) is 0.761. The maximum atomic E-state index is 5.83. The summed E-state index contributed by atoms with van der Waals surface area (Å²) in [5.41, 5.74) is 1.58. The number of aromatic nitrogens is 3. The van der Waals surface area contributed by atoms with Crippen molar-refractivity contribution in [1.82, 2.24) is 15.0 Å². The predicted octanol–water partition coefficient (Wildman–Crippen LogP) is 3.30. The van der Waals surface area contributed by atoms with Crippen molar-refractivity contribution >= 4 is 16.7 Å². The number of ether oxygens (including phenoxy) is 2. The maximum absolute atomic E-state index is 5.83. The highest BCUT2D eigenvalue weighted by Crippen LogP contribution is 2.28. The summed E-state index contributed by atoms with van der Waals surface area (Å²) in [5.74, 6) is 1.48. The molecule has 4 rings (SSSR count). The van der Waals surface area contributed by atoms with Crippen molar-refractivity contribution in [1.29, 1.82) is 0 Å². The van der Waals surface area contributed by atoms with Gasteiger partial charge in [-0.25, -0.2) is 9.97 Å². The average Bonchev–Trinajstić information content (AvgIpc) is 2.73. The van der Waals surface area contributed by atoms with E-state index in [-0.39, 0.29) is 5.60 Å². The summed E-state index contributed by atoms with van der Waals surface area (Å²) in [6, 6.07) is 11.9. The van der Waals surface area contributed by atoms with E-state index in [0.717, 1.165) is 48.3 Å². The van der Waals surface area contributed by atoms with E-state index in [1.54, 1.807) is 19.5 Å². The Morgan fingerprint density at radius 2 is 1.96 bits per heavy atom. The van der Waals surface area contributed by atoms with Crippen LogP contribution in [0.1, 0.15) is 12.8 Å². The molecule has 1 aromatic carbocycles. The van der Waals surface area contributed by atoms with Gasteiger partial charge < -0.3 is 14.8 Å². The molecule has 0 aliphatic carbocycles. The number of rotatable bonds is 5. The van der Waals surface area contributed by atoms with Gasteiger partial charge in [0.15, 0.2) is 5.82 Å². The van der Waals surface area contributed by atoms with Gasteiger partial charge in [0.2, 0.25) is 0 Å². The van der Waals surface area contributed by atoms with Crippen LogP contribution in [-0.2, 0) is 9.47 Å². The van der Waals surface area contributed by atoms with Crippen LogP contribution in [0, 0.1) is 0 Å². The van der Waals surface area contributed by atoms with Crippen LogP contribution in [0.2, 0.25) is 0 Å². The van der Waals surface area contributed by atoms with Gasteiger partial charge in [0.05, 0.1) is 11.1 Å². The van der Waals surface area contributed by atoms with Gasteiger partial charge in [-0.05, 0) is 24.3 Å². The molecule has 0 unspecified atom stereocenters. The van der Waals surface area contributed by atoms with Gasteiger partial charge in [-0.15, -0.1) is 0 Å². The van der Waals surface area contributed by atoms with E-state index in [1.807, 2.05) is 36.4 Å². The van der Waals surface area contributed by atoms with Crippen molar-refractivity contribution in [2.45, 2.75) is 18.4 Å². The monoisotopic (exact) mass is 350 g/mol. The first-order valence-corrected chi connectivity index (χ1v) is 8.84. The van der Waals surface area contributed by atoms with Gasteiger partial charge in [0.1, 0.15) is 5.82 Å². The molecule has 0 atom stereocenters. The lowest BCUT2D eigenvalue weighted by Gasteiger charge is -2.36. The highest BCUT2D eigenvalue weighted by Gasteiger charge is 2.32. The minimum absolute atomic E-state index is 0.223. The molecule has 26 heavy (non-hydrogen) atoms. The van der Waals surface area contributed by atoms with Crippen LogP contribution in [0.15, 0.2) is 48.8 Å². The number of hydrogen-bond acceptors (Lipinski definition) is 6. The molecule has 1 aliphatic heterocycles. The summed E-state index contributed by atoms with van der Waals surface area (Å²) in [4.78, 5) is 13.6. The number of para-hydroxylation sites is 1. The molecule has 0 saturated carbocycles. The maximum Gasteiger partial charge on any atom is 0.163 e. The Labute approximate surface area is 152 Å². The summed E-state index contributed by atoms with van der Waals surface area (Å²) in [6.07, 6.45) is 5.27. The normalized spacial score (nSPS) is 16.5. The summed E-state index contributed by atoms with van der Waals surface area (Å²) in [5, 5.41) is 4.51. The zero-order chi connectivity index (χ0) is 17.8. The molecule has 0 radical (unpaired) electrons. The standard InChI is InChI=1S/C20H22N4O2/c1-25-20(8-11-26-12-9-20)14-22-19-16-6-2-3-7-17(16)23-18(24-19)15-5-4-10-21-13-15/h2-7,10,13H,8-9,11-12,14H2,1H3,(H,22,23,24). The molecule has 134 valence electrons. The molecule has 2 aromatic heterocycles. The number of pyridine rings is 1. The van der Waals surface area contributed by atoms with Crippen LogP contribution in [-0.4, -0.2) is 47.4 Å².